The molecule has 1 unspecified atom stereocenters. The third-order valence-corrected chi connectivity index (χ3v) is 3.81. The molecule has 0 saturated carbocycles. The first-order chi connectivity index (χ1) is 8.52. The number of thiophene rings is 1. The molecule has 1 aromatic heterocycles. The van der Waals surface area contributed by atoms with Crippen LogP contribution in [-0.4, -0.2) is 7.11 Å². The van der Waals surface area contributed by atoms with Crippen molar-refractivity contribution in [2.24, 2.45) is 5.73 Å². The van der Waals surface area contributed by atoms with E-state index in [2.05, 4.69) is 0 Å². The second kappa shape index (κ2) is 5.22. The van der Waals surface area contributed by atoms with Gasteiger partial charge in [0, 0.05) is 22.6 Å². The number of nitrogens with two attached hydrogens (primary N) is 1. The first kappa shape index (κ1) is 13.3. The first-order valence-corrected chi connectivity index (χ1v) is 6.26. The van der Waals surface area contributed by atoms with Crippen LogP contribution >= 0.6 is 22.9 Å². The smallest absolute Gasteiger partial charge is 0.134 e. The number of hydrogen-bond acceptors (Lipinski definition) is 3. The van der Waals surface area contributed by atoms with Gasteiger partial charge in [-0.15, -0.1) is 11.3 Å². The van der Waals surface area contributed by atoms with E-state index >= 15 is 0 Å². The average molecular weight is 290 g/mol. The van der Waals surface area contributed by atoms with E-state index in [0.29, 0.717) is 9.21 Å². The van der Waals surface area contributed by atoms with Crippen LogP contribution in [0.15, 0.2) is 24.3 Å². The fraction of sp³-hybridized carbons (Fsp3) is 0.167. The number of halogens is 3. The predicted molar refractivity (Wildman–Crippen MR) is 68.3 cm³/mol. The zero-order chi connectivity index (χ0) is 13.3. The minimum absolute atomic E-state index is 0.116. The third-order valence-electron chi connectivity index (χ3n) is 2.50. The van der Waals surface area contributed by atoms with Gasteiger partial charge in [0.05, 0.1) is 17.5 Å². The lowest BCUT2D eigenvalue weighted by atomic mass is 10.0. The van der Waals surface area contributed by atoms with Crippen LogP contribution in [0.4, 0.5) is 8.78 Å². The number of methoxy groups -OCH3 is 1. The molecule has 0 radical (unpaired) electrons. The highest BCUT2D eigenvalue weighted by molar-refractivity contribution is 7.16. The molecule has 0 saturated heterocycles. The SMILES string of the molecule is COc1cc(F)c(C(N)c2ccc(Cl)s2)c(F)c1. The fourth-order valence-corrected chi connectivity index (χ4v) is 2.69. The second-order valence-corrected chi connectivity index (χ2v) is 5.37. The van der Waals surface area contributed by atoms with Crippen molar-refractivity contribution < 1.29 is 13.5 Å². The zero-order valence-corrected chi connectivity index (χ0v) is 11.0. The molecule has 0 aliphatic carbocycles. The summed E-state index contributed by atoms with van der Waals surface area (Å²) in [6.45, 7) is 0. The van der Waals surface area contributed by atoms with Gasteiger partial charge in [-0.3, -0.25) is 0 Å². The van der Waals surface area contributed by atoms with Crippen molar-refractivity contribution >= 4 is 22.9 Å². The Morgan fingerprint density at radius 1 is 1.28 bits per heavy atom. The maximum atomic E-state index is 13.8. The van der Waals surface area contributed by atoms with Crippen molar-refractivity contribution in [1.29, 1.82) is 0 Å². The second-order valence-electron chi connectivity index (χ2n) is 3.62. The van der Waals surface area contributed by atoms with Crippen LogP contribution in [0, 0.1) is 11.6 Å². The van der Waals surface area contributed by atoms with Gasteiger partial charge in [-0.05, 0) is 12.1 Å². The van der Waals surface area contributed by atoms with Crippen LogP contribution in [0.5, 0.6) is 5.75 Å². The summed E-state index contributed by atoms with van der Waals surface area (Å²) in [5.41, 5.74) is 5.67. The predicted octanol–water partition coefficient (Wildman–Crippen LogP) is 3.74. The molecule has 0 bridgehead atoms. The first-order valence-electron chi connectivity index (χ1n) is 5.06. The van der Waals surface area contributed by atoms with Crippen LogP contribution in [0.1, 0.15) is 16.5 Å². The summed E-state index contributed by atoms with van der Waals surface area (Å²) in [5, 5.41) is 0. The molecule has 2 aromatic rings. The van der Waals surface area contributed by atoms with Crippen LogP contribution in [-0.2, 0) is 0 Å². The number of benzene rings is 1. The molecule has 1 heterocycles. The molecule has 0 fully saturated rings. The highest BCUT2D eigenvalue weighted by atomic mass is 35.5. The maximum Gasteiger partial charge on any atom is 0.134 e. The molecule has 1 atom stereocenters. The molecule has 2 N–H and O–H groups in total. The van der Waals surface area contributed by atoms with Gasteiger partial charge in [-0.1, -0.05) is 11.6 Å². The van der Waals surface area contributed by atoms with Crippen molar-refractivity contribution in [2.45, 2.75) is 6.04 Å². The van der Waals surface area contributed by atoms with E-state index in [9.17, 15) is 8.78 Å². The molecule has 96 valence electrons. The molecule has 0 aliphatic heterocycles. The number of rotatable bonds is 3. The van der Waals surface area contributed by atoms with Gasteiger partial charge >= 0.3 is 0 Å². The van der Waals surface area contributed by atoms with E-state index in [1.165, 1.54) is 18.4 Å². The summed E-state index contributed by atoms with van der Waals surface area (Å²) in [6, 6.07) is 4.62. The van der Waals surface area contributed by atoms with Gasteiger partial charge in [0.2, 0.25) is 0 Å². The lowest BCUT2D eigenvalue weighted by Gasteiger charge is -2.13. The van der Waals surface area contributed by atoms with Crippen LogP contribution in [0.3, 0.4) is 0 Å². The van der Waals surface area contributed by atoms with Gasteiger partial charge in [0.25, 0.3) is 0 Å². The third kappa shape index (κ3) is 2.48. The van der Waals surface area contributed by atoms with E-state index in [4.69, 9.17) is 22.1 Å². The summed E-state index contributed by atoms with van der Waals surface area (Å²) in [7, 11) is 1.34. The Morgan fingerprint density at radius 2 is 1.89 bits per heavy atom. The van der Waals surface area contributed by atoms with Gasteiger partial charge in [-0.2, -0.15) is 0 Å². The Kier molecular flexibility index (Phi) is 3.85. The Balaban J connectivity index is 2.44. The minimum Gasteiger partial charge on any atom is -0.497 e. The van der Waals surface area contributed by atoms with E-state index in [0.717, 1.165) is 12.1 Å². The Labute approximate surface area is 112 Å². The Hall–Kier alpha value is -1.17. The largest absolute Gasteiger partial charge is 0.497 e. The van der Waals surface area contributed by atoms with E-state index in [-0.39, 0.29) is 11.3 Å². The van der Waals surface area contributed by atoms with Crippen LogP contribution in [0.25, 0.3) is 0 Å². The zero-order valence-electron chi connectivity index (χ0n) is 9.41. The normalized spacial score (nSPS) is 12.5. The van der Waals surface area contributed by atoms with Crippen LogP contribution < -0.4 is 10.5 Å². The van der Waals surface area contributed by atoms with Gasteiger partial charge in [-0.25, -0.2) is 8.78 Å². The van der Waals surface area contributed by atoms with Gasteiger partial charge < -0.3 is 10.5 Å². The average Bonchev–Trinajstić information content (AvgIpc) is 2.74. The topological polar surface area (TPSA) is 35.2 Å². The van der Waals surface area contributed by atoms with Crippen molar-refractivity contribution in [3.8, 4) is 5.75 Å². The van der Waals surface area contributed by atoms with E-state index in [1.807, 2.05) is 0 Å². The lowest BCUT2D eigenvalue weighted by molar-refractivity contribution is 0.404. The van der Waals surface area contributed by atoms with Crippen molar-refractivity contribution in [3.05, 3.63) is 50.7 Å². The van der Waals surface area contributed by atoms with E-state index < -0.39 is 17.7 Å². The molecule has 6 heteroatoms. The number of hydrogen-bond donors (Lipinski definition) is 1. The number of ether oxygens (including phenoxy) is 1. The molecule has 2 rings (SSSR count). The summed E-state index contributed by atoms with van der Waals surface area (Å²) >= 11 is 6.97. The molecule has 1 aromatic carbocycles. The van der Waals surface area contributed by atoms with Crippen molar-refractivity contribution in [2.75, 3.05) is 7.11 Å². The molecule has 0 spiro atoms. The summed E-state index contributed by atoms with van der Waals surface area (Å²) in [5.74, 6) is -1.35. The Morgan fingerprint density at radius 3 is 2.33 bits per heavy atom. The van der Waals surface area contributed by atoms with Crippen LogP contribution in [0.2, 0.25) is 4.34 Å². The highest BCUT2D eigenvalue weighted by Crippen LogP contribution is 2.33. The maximum absolute atomic E-state index is 13.8. The van der Waals surface area contributed by atoms with Crippen molar-refractivity contribution in [3.63, 3.8) is 0 Å². The monoisotopic (exact) mass is 289 g/mol. The van der Waals surface area contributed by atoms with Gasteiger partial charge in [0.15, 0.2) is 0 Å². The summed E-state index contributed by atoms with van der Waals surface area (Å²) in [4.78, 5) is 0.600. The lowest BCUT2D eigenvalue weighted by Crippen LogP contribution is -2.14. The molecule has 18 heavy (non-hydrogen) atoms. The van der Waals surface area contributed by atoms with Gasteiger partial charge in [0.1, 0.15) is 17.4 Å². The molecular weight excluding hydrogens is 280 g/mol. The highest BCUT2D eigenvalue weighted by Gasteiger charge is 2.21. The molecule has 0 amide bonds. The standard InChI is InChI=1S/C12H10ClF2NOS/c1-17-6-4-7(14)11(8(15)5-6)12(16)9-2-3-10(13)18-9/h2-5,12H,16H2,1H3. The fourth-order valence-electron chi connectivity index (χ4n) is 1.61. The van der Waals surface area contributed by atoms with Crippen molar-refractivity contribution in [1.82, 2.24) is 0 Å². The molecular formula is C12H10ClF2NOS. The summed E-state index contributed by atoms with van der Waals surface area (Å²) in [6.07, 6.45) is 0. The minimum atomic E-state index is -0.881. The Bertz CT molecular complexity index is 550. The molecule has 0 aliphatic rings. The van der Waals surface area contributed by atoms with E-state index in [1.54, 1.807) is 12.1 Å². The summed E-state index contributed by atoms with van der Waals surface area (Å²) < 4.78 is 32.9. The quantitative estimate of drug-likeness (QED) is 0.934. The molecule has 2 nitrogen and oxygen atoms in total.